The lowest BCUT2D eigenvalue weighted by atomic mass is 9.95. The summed E-state index contributed by atoms with van der Waals surface area (Å²) in [6.07, 6.45) is 9.48. The van der Waals surface area contributed by atoms with E-state index < -0.39 is 0 Å². The maximum atomic E-state index is 11.6. The standard InChI is InChI=1S/C12H22N2OS/c1-16-11-6-4-10(5-7-11)14-12(15)8-13-9-2-3-9/h9-11,13H,2-8H2,1H3,(H,14,15). The molecule has 92 valence electrons. The van der Waals surface area contributed by atoms with E-state index in [4.69, 9.17) is 0 Å². The molecule has 0 unspecified atom stereocenters. The molecule has 0 saturated heterocycles. The van der Waals surface area contributed by atoms with Gasteiger partial charge in [-0.1, -0.05) is 0 Å². The lowest BCUT2D eigenvalue weighted by molar-refractivity contribution is -0.121. The molecular formula is C12H22N2OS. The van der Waals surface area contributed by atoms with Crippen LogP contribution in [0.2, 0.25) is 0 Å². The SMILES string of the molecule is CSC1CCC(NC(=O)CNC2CC2)CC1. The van der Waals surface area contributed by atoms with Crippen LogP contribution in [0.25, 0.3) is 0 Å². The van der Waals surface area contributed by atoms with Crippen molar-refractivity contribution < 1.29 is 4.79 Å². The van der Waals surface area contributed by atoms with Crippen LogP contribution in [-0.2, 0) is 4.79 Å². The van der Waals surface area contributed by atoms with Crippen molar-refractivity contribution in [3.05, 3.63) is 0 Å². The molecule has 4 heteroatoms. The normalized spacial score (nSPS) is 30.1. The van der Waals surface area contributed by atoms with Crippen LogP contribution in [-0.4, -0.2) is 36.0 Å². The number of carbonyl (C=O) groups is 1. The van der Waals surface area contributed by atoms with Crippen LogP contribution >= 0.6 is 11.8 Å². The van der Waals surface area contributed by atoms with E-state index in [9.17, 15) is 4.79 Å². The average Bonchev–Trinajstić information content (AvgIpc) is 3.11. The van der Waals surface area contributed by atoms with Crippen molar-refractivity contribution in [3.8, 4) is 0 Å². The number of thioether (sulfide) groups is 1. The lowest BCUT2D eigenvalue weighted by Crippen LogP contribution is -2.42. The molecule has 0 heterocycles. The van der Waals surface area contributed by atoms with Gasteiger partial charge < -0.3 is 10.6 Å². The van der Waals surface area contributed by atoms with E-state index in [2.05, 4.69) is 16.9 Å². The number of nitrogens with one attached hydrogen (secondary N) is 2. The Morgan fingerprint density at radius 2 is 1.75 bits per heavy atom. The lowest BCUT2D eigenvalue weighted by Gasteiger charge is -2.28. The Morgan fingerprint density at radius 1 is 1.12 bits per heavy atom. The average molecular weight is 242 g/mol. The summed E-state index contributed by atoms with van der Waals surface area (Å²) in [6, 6.07) is 1.05. The molecule has 0 atom stereocenters. The zero-order valence-electron chi connectivity index (χ0n) is 10.00. The highest BCUT2D eigenvalue weighted by molar-refractivity contribution is 7.99. The van der Waals surface area contributed by atoms with Gasteiger partial charge in [0.1, 0.15) is 0 Å². The van der Waals surface area contributed by atoms with Gasteiger partial charge >= 0.3 is 0 Å². The summed E-state index contributed by atoms with van der Waals surface area (Å²) < 4.78 is 0. The van der Waals surface area contributed by atoms with Gasteiger partial charge in [0, 0.05) is 17.3 Å². The molecule has 2 fully saturated rings. The van der Waals surface area contributed by atoms with Gasteiger partial charge in [-0.15, -0.1) is 0 Å². The van der Waals surface area contributed by atoms with Crippen molar-refractivity contribution in [1.29, 1.82) is 0 Å². The predicted molar refractivity (Wildman–Crippen MR) is 68.7 cm³/mol. The molecule has 1 amide bonds. The van der Waals surface area contributed by atoms with Crippen LogP contribution in [0.15, 0.2) is 0 Å². The fourth-order valence-corrected chi connectivity index (χ4v) is 2.99. The van der Waals surface area contributed by atoms with E-state index in [0.29, 0.717) is 18.6 Å². The number of rotatable bonds is 5. The number of hydrogen-bond donors (Lipinski definition) is 2. The third kappa shape index (κ3) is 3.98. The first-order valence-electron chi connectivity index (χ1n) is 6.33. The maximum absolute atomic E-state index is 11.6. The molecule has 3 nitrogen and oxygen atoms in total. The molecule has 2 aliphatic rings. The third-order valence-electron chi connectivity index (χ3n) is 3.50. The monoisotopic (exact) mass is 242 g/mol. The molecule has 2 rings (SSSR count). The summed E-state index contributed by atoms with van der Waals surface area (Å²) in [4.78, 5) is 11.6. The van der Waals surface area contributed by atoms with Gasteiger partial charge in [-0.3, -0.25) is 4.79 Å². The Hall–Kier alpha value is -0.220. The number of hydrogen-bond acceptors (Lipinski definition) is 3. The predicted octanol–water partition coefficient (Wildman–Crippen LogP) is 1.53. The molecule has 2 saturated carbocycles. The van der Waals surface area contributed by atoms with Crippen LogP contribution in [0.3, 0.4) is 0 Å². The molecule has 2 aliphatic carbocycles. The Labute approximate surface area is 102 Å². The minimum Gasteiger partial charge on any atom is -0.352 e. The summed E-state index contributed by atoms with van der Waals surface area (Å²) in [6.45, 7) is 0.507. The first kappa shape index (κ1) is 12.2. The van der Waals surface area contributed by atoms with Gasteiger partial charge in [0.15, 0.2) is 0 Å². The van der Waals surface area contributed by atoms with Gasteiger partial charge in [0.25, 0.3) is 0 Å². The van der Waals surface area contributed by atoms with Crippen molar-refractivity contribution in [2.24, 2.45) is 0 Å². The summed E-state index contributed by atoms with van der Waals surface area (Å²) in [7, 11) is 0. The summed E-state index contributed by atoms with van der Waals surface area (Å²) >= 11 is 1.96. The fraction of sp³-hybridized carbons (Fsp3) is 0.917. The Balaban J connectivity index is 1.59. The number of amides is 1. The maximum Gasteiger partial charge on any atom is 0.234 e. The molecule has 0 spiro atoms. The zero-order chi connectivity index (χ0) is 11.4. The van der Waals surface area contributed by atoms with Crippen molar-refractivity contribution >= 4 is 17.7 Å². The van der Waals surface area contributed by atoms with Crippen LogP contribution in [0.4, 0.5) is 0 Å². The molecule has 0 bridgehead atoms. The Kier molecular flexibility index (Phi) is 4.53. The fourth-order valence-electron chi connectivity index (χ4n) is 2.25. The van der Waals surface area contributed by atoms with Gasteiger partial charge in [0.05, 0.1) is 6.54 Å². The minimum atomic E-state index is 0.180. The quantitative estimate of drug-likeness (QED) is 0.768. The highest BCUT2D eigenvalue weighted by Crippen LogP contribution is 2.26. The summed E-state index contributed by atoms with van der Waals surface area (Å²) in [5, 5.41) is 7.20. The molecule has 0 aromatic rings. The number of carbonyl (C=O) groups excluding carboxylic acids is 1. The second kappa shape index (κ2) is 5.92. The Bertz CT molecular complexity index is 235. The van der Waals surface area contributed by atoms with Gasteiger partial charge in [0.2, 0.25) is 5.91 Å². The van der Waals surface area contributed by atoms with Crippen molar-refractivity contribution in [2.75, 3.05) is 12.8 Å². The van der Waals surface area contributed by atoms with E-state index >= 15 is 0 Å². The summed E-state index contributed by atoms with van der Waals surface area (Å²) in [5.74, 6) is 0.180. The van der Waals surface area contributed by atoms with Gasteiger partial charge in [-0.2, -0.15) is 11.8 Å². The molecule has 16 heavy (non-hydrogen) atoms. The van der Waals surface area contributed by atoms with Crippen molar-refractivity contribution in [2.45, 2.75) is 55.9 Å². The first-order valence-corrected chi connectivity index (χ1v) is 7.62. The van der Waals surface area contributed by atoms with E-state index in [-0.39, 0.29) is 5.91 Å². The molecule has 2 N–H and O–H groups in total. The Morgan fingerprint density at radius 3 is 2.31 bits per heavy atom. The van der Waals surface area contributed by atoms with Gasteiger partial charge in [-0.25, -0.2) is 0 Å². The second-order valence-electron chi connectivity index (χ2n) is 4.93. The third-order valence-corrected chi connectivity index (χ3v) is 4.64. The van der Waals surface area contributed by atoms with Crippen molar-refractivity contribution in [1.82, 2.24) is 10.6 Å². The smallest absolute Gasteiger partial charge is 0.234 e. The van der Waals surface area contributed by atoms with Crippen LogP contribution in [0, 0.1) is 0 Å². The van der Waals surface area contributed by atoms with Gasteiger partial charge in [-0.05, 0) is 44.8 Å². The molecule has 0 aliphatic heterocycles. The van der Waals surface area contributed by atoms with E-state index in [1.807, 2.05) is 11.8 Å². The zero-order valence-corrected chi connectivity index (χ0v) is 10.8. The van der Waals surface area contributed by atoms with E-state index in [1.54, 1.807) is 0 Å². The van der Waals surface area contributed by atoms with E-state index in [1.165, 1.54) is 25.7 Å². The summed E-state index contributed by atoms with van der Waals surface area (Å²) in [5.41, 5.74) is 0. The molecule has 0 aromatic carbocycles. The van der Waals surface area contributed by atoms with Crippen LogP contribution in [0.1, 0.15) is 38.5 Å². The topological polar surface area (TPSA) is 41.1 Å². The minimum absolute atomic E-state index is 0.180. The largest absolute Gasteiger partial charge is 0.352 e. The van der Waals surface area contributed by atoms with Crippen molar-refractivity contribution in [3.63, 3.8) is 0 Å². The van der Waals surface area contributed by atoms with Crippen LogP contribution < -0.4 is 10.6 Å². The van der Waals surface area contributed by atoms with Crippen LogP contribution in [0.5, 0.6) is 0 Å². The second-order valence-corrected chi connectivity index (χ2v) is 6.07. The highest BCUT2D eigenvalue weighted by atomic mass is 32.2. The van der Waals surface area contributed by atoms with E-state index in [0.717, 1.165) is 18.1 Å². The highest BCUT2D eigenvalue weighted by Gasteiger charge is 2.24. The molecule has 0 radical (unpaired) electrons. The molecule has 0 aromatic heterocycles. The molecular weight excluding hydrogens is 220 g/mol. The first-order chi connectivity index (χ1) is 7.78.